The minimum Gasteiger partial charge on any atom is -0.484 e. The van der Waals surface area contributed by atoms with Gasteiger partial charge in [-0.05, 0) is 49.0 Å². The van der Waals surface area contributed by atoms with Crippen molar-refractivity contribution in [2.75, 3.05) is 27.2 Å². The average molecular weight is 362 g/mol. The number of benzene rings is 3. The van der Waals surface area contributed by atoms with Gasteiger partial charge in [-0.3, -0.25) is 4.79 Å². The Morgan fingerprint density at radius 1 is 0.963 bits per heavy atom. The first-order valence-corrected chi connectivity index (χ1v) is 9.20. The van der Waals surface area contributed by atoms with Crippen LogP contribution in [0.2, 0.25) is 0 Å². The van der Waals surface area contributed by atoms with E-state index in [0.717, 1.165) is 17.2 Å². The number of rotatable bonds is 8. The lowest BCUT2D eigenvalue weighted by Gasteiger charge is -2.24. The van der Waals surface area contributed by atoms with Crippen molar-refractivity contribution >= 4 is 16.7 Å². The van der Waals surface area contributed by atoms with E-state index in [4.69, 9.17) is 4.74 Å². The summed E-state index contributed by atoms with van der Waals surface area (Å²) in [5, 5.41) is 5.25. The molecule has 3 aromatic rings. The second kappa shape index (κ2) is 9.19. The highest BCUT2D eigenvalue weighted by Crippen LogP contribution is 2.20. The third kappa shape index (κ3) is 5.56. The summed E-state index contributed by atoms with van der Waals surface area (Å²) in [5.41, 5.74) is 1.26. The van der Waals surface area contributed by atoms with Crippen LogP contribution in [0.1, 0.15) is 5.56 Å². The fraction of sp³-hybridized carbons (Fsp3) is 0.261. The number of fused-ring (bicyclic) bond motifs is 1. The maximum absolute atomic E-state index is 12.2. The molecule has 3 rings (SSSR count). The molecule has 27 heavy (non-hydrogen) atoms. The van der Waals surface area contributed by atoms with E-state index in [2.05, 4.69) is 28.4 Å². The van der Waals surface area contributed by atoms with Crippen LogP contribution in [0.25, 0.3) is 10.8 Å². The second-order valence-electron chi connectivity index (χ2n) is 6.91. The van der Waals surface area contributed by atoms with Gasteiger partial charge in [0, 0.05) is 12.6 Å². The van der Waals surface area contributed by atoms with Crippen LogP contribution in [0.3, 0.4) is 0 Å². The van der Waals surface area contributed by atoms with Gasteiger partial charge in [0.2, 0.25) is 0 Å². The van der Waals surface area contributed by atoms with Crippen molar-refractivity contribution < 1.29 is 9.53 Å². The third-order valence-corrected chi connectivity index (χ3v) is 4.67. The van der Waals surface area contributed by atoms with Gasteiger partial charge in [-0.2, -0.15) is 0 Å². The maximum Gasteiger partial charge on any atom is 0.257 e. The van der Waals surface area contributed by atoms with E-state index in [1.807, 2.05) is 68.7 Å². The molecule has 1 N–H and O–H groups in total. The van der Waals surface area contributed by atoms with Crippen molar-refractivity contribution in [3.05, 3.63) is 78.4 Å². The molecule has 0 aromatic heterocycles. The van der Waals surface area contributed by atoms with E-state index in [1.165, 1.54) is 5.56 Å². The van der Waals surface area contributed by atoms with E-state index >= 15 is 0 Å². The predicted molar refractivity (Wildman–Crippen MR) is 110 cm³/mol. The Morgan fingerprint density at radius 2 is 1.67 bits per heavy atom. The van der Waals surface area contributed by atoms with Crippen LogP contribution in [0, 0.1) is 0 Å². The molecule has 4 nitrogen and oxygen atoms in total. The molecule has 0 fully saturated rings. The quantitative estimate of drug-likeness (QED) is 0.667. The summed E-state index contributed by atoms with van der Waals surface area (Å²) in [7, 11) is 4.07. The zero-order valence-electron chi connectivity index (χ0n) is 15.9. The molecule has 4 heteroatoms. The molecule has 140 valence electrons. The molecule has 0 aliphatic heterocycles. The monoisotopic (exact) mass is 362 g/mol. The normalized spacial score (nSPS) is 12.1. The highest BCUT2D eigenvalue weighted by Gasteiger charge is 2.14. The molecule has 0 saturated heterocycles. The van der Waals surface area contributed by atoms with Gasteiger partial charge in [0.05, 0.1) is 0 Å². The Balaban J connectivity index is 1.50. The largest absolute Gasteiger partial charge is 0.484 e. The van der Waals surface area contributed by atoms with Crippen molar-refractivity contribution in [3.8, 4) is 5.75 Å². The summed E-state index contributed by atoms with van der Waals surface area (Å²) >= 11 is 0. The first-order chi connectivity index (χ1) is 13.1. The standard InChI is InChI=1S/C23H26N2O2/c1-25(2)21(14-18-8-4-3-5-9-18)16-24-23(26)17-27-22-13-12-19-10-6-7-11-20(19)15-22/h3-13,15,21H,14,16-17H2,1-2H3,(H,24,26). The number of nitrogens with one attached hydrogen (secondary N) is 1. The number of ether oxygens (including phenoxy) is 1. The number of hydrogen-bond acceptors (Lipinski definition) is 3. The summed E-state index contributed by atoms with van der Waals surface area (Å²) in [6.07, 6.45) is 0.889. The smallest absolute Gasteiger partial charge is 0.257 e. The maximum atomic E-state index is 12.2. The Morgan fingerprint density at radius 3 is 2.41 bits per heavy atom. The summed E-state index contributed by atoms with van der Waals surface area (Å²) in [6, 6.07) is 24.5. The molecule has 0 spiro atoms. The molecule has 1 unspecified atom stereocenters. The summed E-state index contributed by atoms with van der Waals surface area (Å²) in [4.78, 5) is 14.3. The molecule has 1 atom stereocenters. The van der Waals surface area contributed by atoms with Crippen LogP contribution in [0.5, 0.6) is 5.75 Å². The van der Waals surface area contributed by atoms with E-state index in [0.29, 0.717) is 12.3 Å². The Hall–Kier alpha value is -2.85. The molecular weight excluding hydrogens is 336 g/mol. The minimum atomic E-state index is -0.108. The number of likely N-dealkylation sites (N-methyl/N-ethyl adjacent to an activating group) is 1. The van der Waals surface area contributed by atoms with E-state index in [9.17, 15) is 4.79 Å². The molecule has 0 radical (unpaired) electrons. The van der Waals surface area contributed by atoms with Gasteiger partial charge in [0.25, 0.3) is 5.91 Å². The number of hydrogen-bond donors (Lipinski definition) is 1. The predicted octanol–water partition coefficient (Wildman–Crippen LogP) is 3.51. The molecule has 0 saturated carbocycles. The van der Waals surface area contributed by atoms with E-state index < -0.39 is 0 Å². The third-order valence-electron chi connectivity index (χ3n) is 4.67. The molecule has 0 aliphatic carbocycles. The van der Waals surface area contributed by atoms with Crippen LogP contribution in [-0.2, 0) is 11.2 Å². The zero-order valence-corrected chi connectivity index (χ0v) is 15.9. The van der Waals surface area contributed by atoms with Gasteiger partial charge in [-0.15, -0.1) is 0 Å². The lowest BCUT2D eigenvalue weighted by atomic mass is 10.1. The zero-order chi connectivity index (χ0) is 19.1. The first-order valence-electron chi connectivity index (χ1n) is 9.20. The molecule has 1 amide bonds. The molecular formula is C23H26N2O2. The van der Waals surface area contributed by atoms with Gasteiger partial charge >= 0.3 is 0 Å². The van der Waals surface area contributed by atoms with Crippen molar-refractivity contribution in [1.82, 2.24) is 10.2 Å². The van der Waals surface area contributed by atoms with Crippen molar-refractivity contribution in [2.24, 2.45) is 0 Å². The van der Waals surface area contributed by atoms with Crippen molar-refractivity contribution in [1.29, 1.82) is 0 Å². The fourth-order valence-corrected chi connectivity index (χ4v) is 3.01. The Kier molecular flexibility index (Phi) is 6.44. The topological polar surface area (TPSA) is 41.6 Å². The number of carbonyl (C=O) groups excluding carboxylic acids is 1. The second-order valence-corrected chi connectivity index (χ2v) is 6.91. The average Bonchev–Trinajstić information content (AvgIpc) is 2.70. The lowest BCUT2D eigenvalue weighted by molar-refractivity contribution is -0.123. The minimum absolute atomic E-state index is 0.0177. The van der Waals surface area contributed by atoms with Crippen LogP contribution >= 0.6 is 0 Å². The van der Waals surface area contributed by atoms with Crippen molar-refractivity contribution in [2.45, 2.75) is 12.5 Å². The number of carbonyl (C=O) groups is 1. The highest BCUT2D eigenvalue weighted by molar-refractivity contribution is 5.84. The number of amides is 1. The molecule has 0 aliphatic rings. The van der Waals surface area contributed by atoms with E-state index in [-0.39, 0.29) is 18.6 Å². The Labute approximate surface area is 160 Å². The van der Waals surface area contributed by atoms with Crippen LogP contribution in [0.15, 0.2) is 72.8 Å². The van der Waals surface area contributed by atoms with Gasteiger partial charge in [-0.25, -0.2) is 0 Å². The van der Waals surface area contributed by atoms with Gasteiger partial charge in [-0.1, -0.05) is 60.7 Å². The van der Waals surface area contributed by atoms with Gasteiger partial charge in [0.1, 0.15) is 5.75 Å². The summed E-state index contributed by atoms with van der Waals surface area (Å²) in [5.74, 6) is 0.598. The van der Waals surface area contributed by atoms with Gasteiger partial charge < -0.3 is 15.0 Å². The first kappa shape index (κ1) is 18.9. The van der Waals surface area contributed by atoms with Crippen LogP contribution in [0.4, 0.5) is 0 Å². The summed E-state index contributed by atoms with van der Waals surface area (Å²) in [6.45, 7) is 0.603. The lowest BCUT2D eigenvalue weighted by Crippen LogP contribution is -2.42. The molecule has 3 aromatic carbocycles. The Bertz CT molecular complexity index is 878. The summed E-state index contributed by atoms with van der Waals surface area (Å²) < 4.78 is 5.66. The highest BCUT2D eigenvalue weighted by atomic mass is 16.5. The molecule has 0 heterocycles. The fourth-order valence-electron chi connectivity index (χ4n) is 3.01. The van der Waals surface area contributed by atoms with Crippen molar-refractivity contribution in [3.63, 3.8) is 0 Å². The van der Waals surface area contributed by atoms with E-state index in [1.54, 1.807) is 0 Å². The molecule has 0 bridgehead atoms. The SMILES string of the molecule is CN(C)C(CNC(=O)COc1ccc2ccccc2c1)Cc1ccccc1. The van der Waals surface area contributed by atoms with Crippen LogP contribution in [-0.4, -0.2) is 44.1 Å². The number of nitrogens with zero attached hydrogens (tertiary/aromatic N) is 1. The van der Waals surface area contributed by atoms with Crippen LogP contribution < -0.4 is 10.1 Å². The van der Waals surface area contributed by atoms with Gasteiger partial charge in [0.15, 0.2) is 6.61 Å².